The number of amides is 1. The Morgan fingerprint density at radius 2 is 1.80 bits per heavy atom. The quantitative estimate of drug-likeness (QED) is 0.189. The summed E-state index contributed by atoms with van der Waals surface area (Å²) < 4.78 is 0. The molecule has 1 amide bonds. The van der Waals surface area contributed by atoms with Crippen molar-refractivity contribution in [3.8, 4) is 0 Å². The van der Waals surface area contributed by atoms with Crippen molar-refractivity contribution in [3.63, 3.8) is 0 Å². The lowest BCUT2D eigenvalue weighted by atomic mass is 10.1. The van der Waals surface area contributed by atoms with Crippen molar-refractivity contribution in [1.29, 1.82) is 0 Å². The molecule has 7 nitrogen and oxygen atoms in total. The number of carbonyl (C=O) groups excluding carboxylic acids is 1. The van der Waals surface area contributed by atoms with Crippen LogP contribution in [0, 0.1) is 0 Å². The minimum Gasteiger partial charge on any atom is -0.480 e. The highest BCUT2D eigenvalue weighted by Crippen LogP contribution is 2.04. The molecule has 0 aromatic heterocycles. The van der Waals surface area contributed by atoms with Gasteiger partial charge in [-0.15, -0.1) is 0 Å². The minimum atomic E-state index is -1.24. The molecule has 0 spiro atoms. The number of hydrogen-bond acceptors (Lipinski definition) is 5. The van der Waals surface area contributed by atoms with Crippen molar-refractivity contribution in [2.45, 2.75) is 64.5 Å². The Kier molecular flexibility index (Phi) is 15.1. The highest BCUT2D eigenvalue weighted by Gasteiger charge is 2.17. The van der Waals surface area contributed by atoms with Crippen molar-refractivity contribution in [2.75, 3.05) is 26.2 Å². The first kappa shape index (κ1) is 23.6. The average molecular weight is 358 g/mol. The van der Waals surface area contributed by atoms with Crippen LogP contribution in [-0.2, 0) is 9.59 Å². The van der Waals surface area contributed by atoms with Crippen LogP contribution in [-0.4, -0.2) is 64.6 Å². The third-order valence-corrected chi connectivity index (χ3v) is 3.81. The molecule has 0 bridgehead atoms. The molecule has 1 atom stereocenters. The standard InChI is InChI=1S/C18H34N2O5/c1-2-3-4-5-6-7-8-9-10-11-16(22)19-12-13-20(14-18(24)25)17(23)15-21/h7-8,17,21,23H,2-6,9-15H2,1H3,(H,19,22)(H,24,25)/b8-7+. The van der Waals surface area contributed by atoms with E-state index in [9.17, 15) is 14.7 Å². The fraction of sp³-hybridized carbons (Fsp3) is 0.778. The molecule has 0 rings (SSSR count). The van der Waals surface area contributed by atoms with Gasteiger partial charge >= 0.3 is 5.97 Å². The number of nitrogens with one attached hydrogen (secondary N) is 1. The summed E-state index contributed by atoms with van der Waals surface area (Å²) in [4.78, 5) is 23.6. The summed E-state index contributed by atoms with van der Waals surface area (Å²) in [7, 11) is 0. The number of aliphatic carboxylic acids is 1. The fourth-order valence-electron chi connectivity index (χ4n) is 2.36. The van der Waals surface area contributed by atoms with E-state index in [0.29, 0.717) is 6.42 Å². The monoisotopic (exact) mass is 358 g/mol. The lowest BCUT2D eigenvalue weighted by Gasteiger charge is -2.24. The second-order valence-electron chi connectivity index (χ2n) is 6.09. The van der Waals surface area contributed by atoms with E-state index in [2.05, 4.69) is 24.4 Å². The van der Waals surface area contributed by atoms with Gasteiger partial charge in [0.15, 0.2) is 0 Å². The van der Waals surface area contributed by atoms with Crippen molar-refractivity contribution in [2.24, 2.45) is 0 Å². The number of carboxylic acid groups (broad SMARTS) is 1. The first-order valence-corrected chi connectivity index (χ1v) is 9.17. The van der Waals surface area contributed by atoms with E-state index in [4.69, 9.17) is 10.2 Å². The summed E-state index contributed by atoms with van der Waals surface area (Å²) in [6.45, 7) is 1.65. The highest BCUT2D eigenvalue weighted by atomic mass is 16.4. The van der Waals surface area contributed by atoms with Gasteiger partial charge in [-0.3, -0.25) is 14.5 Å². The Bertz CT molecular complexity index is 388. The Balaban J connectivity index is 3.74. The highest BCUT2D eigenvalue weighted by molar-refractivity contribution is 5.75. The molecule has 4 N–H and O–H groups in total. The Morgan fingerprint density at radius 3 is 2.40 bits per heavy atom. The van der Waals surface area contributed by atoms with Crippen molar-refractivity contribution in [3.05, 3.63) is 12.2 Å². The maximum absolute atomic E-state index is 11.7. The molecule has 0 aliphatic heterocycles. The molecule has 7 heteroatoms. The smallest absolute Gasteiger partial charge is 0.317 e. The number of carboxylic acids is 1. The van der Waals surface area contributed by atoms with E-state index in [1.165, 1.54) is 30.6 Å². The molecular formula is C18H34N2O5. The number of rotatable bonds is 16. The van der Waals surface area contributed by atoms with Crippen molar-refractivity contribution < 1.29 is 24.9 Å². The van der Waals surface area contributed by atoms with Crippen LogP contribution < -0.4 is 5.32 Å². The van der Waals surface area contributed by atoms with Gasteiger partial charge in [0.25, 0.3) is 0 Å². The molecule has 0 saturated carbocycles. The molecule has 0 aliphatic carbocycles. The van der Waals surface area contributed by atoms with Crippen molar-refractivity contribution in [1.82, 2.24) is 10.2 Å². The second kappa shape index (κ2) is 16.1. The van der Waals surface area contributed by atoms with Crippen LogP contribution >= 0.6 is 0 Å². The Morgan fingerprint density at radius 1 is 1.12 bits per heavy atom. The van der Waals surface area contributed by atoms with Gasteiger partial charge in [-0.05, 0) is 25.7 Å². The van der Waals surface area contributed by atoms with Gasteiger partial charge in [0.2, 0.25) is 5.91 Å². The van der Waals surface area contributed by atoms with E-state index in [-0.39, 0.29) is 25.5 Å². The SMILES string of the molecule is CCCCCC/C=C/CCCC(=O)NCCN(CC(=O)O)C(O)CO. The topological polar surface area (TPSA) is 110 Å². The van der Waals surface area contributed by atoms with Crippen LogP contribution in [0.2, 0.25) is 0 Å². The maximum Gasteiger partial charge on any atom is 0.317 e. The summed E-state index contributed by atoms with van der Waals surface area (Å²) in [5.74, 6) is -1.19. The summed E-state index contributed by atoms with van der Waals surface area (Å²) in [5.41, 5.74) is 0. The molecule has 0 aliphatic rings. The first-order chi connectivity index (χ1) is 12.0. The van der Waals surface area contributed by atoms with Gasteiger partial charge in [0.1, 0.15) is 6.23 Å². The zero-order valence-corrected chi connectivity index (χ0v) is 15.3. The van der Waals surface area contributed by atoms with Gasteiger partial charge in [0.05, 0.1) is 13.2 Å². The van der Waals surface area contributed by atoms with Crippen LogP contribution in [0.5, 0.6) is 0 Å². The van der Waals surface area contributed by atoms with Gasteiger partial charge in [0, 0.05) is 19.5 Å². The molecule has 0 fully saturated rings. The third kappa shape index (κ3) is 14.6. The summed E-state index contributed by atoms with van der Waals surface area (Å²) in [5, 5.41) is 29.9. The predicted molar refractivity (Wildman–Crippen MR) is 97.1 cm³/mol. The second-order valence-corrected chi connectivity index (χ2v) is 6.09. The molecule has 146 valence electrons. The van der Waals surface area contributed by atoms with Gasteiger partial charge in [-0.1, -0.05) is 38.3 Å². The number of unbranched alkanes of at least 4 members (excludes halogenated alkanes) is 5. The molecule has 1 unspecified atom stereocenters. The molecule has 0 saturated heterocycles. The summed E-state index contributed by atoms with van der Waals surface area (Å²) in [6, 6.07) is 0. The summed E-state index contributed by atoms with van der Waals surface area (Å²) >= 11 is 0. The normalized spacial score (nSPS) is 12.6. The van der Waals surface area contributed by atoms with Crippen LogP contribution in [0.1, 0.15) is 58.3 Å². The Labute approximate surface area is 150 Å². The van der Waals surface area contributed by atoms with E-state index < -0.39 is 18.8 Å². The van der Waals surface area contributed by atoms with E-state index >= 15 is 0 Å². The fourth-order valence-corrected chi connectivity index (χ4v) is 2.36. The maximum atomic E-state index is 11.7. The molecule has 0 aromatic rings. The lowest BCUT2D eigenvalue weighted by molar-refractivity contribution is -0.142. The zero-order valence-electron chi connectivity index (χ0n) is 15.3. The number of aliphatic hydroxyl groups excluding tert-OH is 2. The number of aliphatic hydroxyl groups is 2. The van der Waals surface area contributed by atoms with E-state index in [1.807, 2.05) is 0 Å². The zero-order chi connectivity index (χ0) is 18.9. The molecule has 0 radical (unpaired) electrons. The van der Waals surface area contributed by atoms with Gasteiger partial charge < -0.3 is 20.6 Å². The van der Waals surface area contributed by atoms with E-state index in [0.717, 1.165) is 19.3 Å². The summed E-state index contributed by atoms with van der Waals surface area (Å²) in [6.07, 6.45) is 11.2. The van der Waals surface area contributed by atoms with Crippen LogP contribution in [0.4, 0.5) is 0 Å². The predicted octanol–water partition coefficient (Wildman–Crippen LogP) is 1.50. The first-order valence-electron chi connectivity index (χ1n) is 9.17. The molecule has 0 heterocycles. The minimum absolute atomic E-state index is 0.0925. The van der Waals surface area contributed by atoms with E-state index in [1.54, 1.807) is 0 Å². The van der Waals surface area contributed by atoms with Gasteiger partial charge in [-0.2, -0.15) is 0 Å². The number of nitrogens with zero attached hydrogens (tertiary/aromatic N) is 1. The largest absolute Gasteiger partial charge is 0.480 e. The average Bonchev–Trinajstić information content (AvgIpc) is 2.58. The molecular weight excluding hydrogens is 324 g/mol. The number of hydrogen-bond donors (Lipinski definition) is 4. The molecule has 25 heavy (non-hydrogen) atoms. The van der Waals surface area contributed by atoms with Crippen molar-refractivity contribution >= 4 is 11.9 Å². The van der Waals surface area contributed by atoms with Crippen LogP contribution in [0.25, 0.3) is 0 Å². The number of allylic oxidation sites excluding steroid dienone is 2. The Hall–Kier alpha value is -1.44. The van der Waals surface area contributed by atoms with Gasteiger partial charge in [-0.25, -0.2) is 0 Å². The molecule has 0 aromatic carbocycles. The lowest BCUT2D eigenvalue weighted by Crippen LogP contribution is -2.45. The van der Waals surface area contributed by atoms with Crippen LogP contribution in [0.15, 0.2) is 12.2 Å². The van der Waals surface area contributed by atoms with Crippen LogP contribution in [0.3, 0.4) is 0 Å². The third-order valence-electron chi connectivity index (χ3n) is 3.81. The number of carbonyl (C=O) groups is 2.